The number of fused-ring (bicyclic) bond motifs is 1. The van der Waals surface area contributed by atoms with Crippen LogP contribution in [0.2, 0.25) is 0 Å². The Labute approximate surface area is 150 Å². The molecule has 2 N–H and O–H groups in total. The molecule has 0 saturated carbocycles. The summed E-state index contributed by atoms with van der Waals surface area (Å²) in [6, 6.07) is 0.549. The van der Waals surface area contributed by atoms with Crippen molar-refractivity contribution in [3.63, 3.8) is 0 Å². The van der Waals surface area contributed by atoms with Crippen LogP contribution in [-0.2, 0) is 24.8 Å². The molecule has 2 heterocycles. The van der Waals surface area contributed by atoms with Gasteiger partial charge in [-0.05, 0) is 19.4 Å². The van der Waals surface area contributed by atoms with E-state index >= 15 is 0 Å². The van der Waals surface area contributed by atoms with Crippen LogP contribution in [-0.4, -0.2) is 59.5 Å². The van der Waals surface area contributed by atoms with E-state index in [0.29, 0.717) is 24.4 Å². The predicted octanol–water partition coefficient (Wildman–Crippen LogP) is 0.481. The van der Waals surface area contributed by atoms with E-state index in [9.17, 15) is 21.7 Å². The zero-order chi connectivity index (χ0) is 18.8. The van der Waals surface area contributed by atoms with Gasteiger partial charge in [-0.1, -0.05) is 0 Å². The molecule has 0 amide bonds. The van der Waals surface area contributed by atoms with Crippen LogP contribution < -0.4 is 5.14 Å². The third-order valence-electron chi connectivity index (χ3n) is 3.84. The van der Waals surface area contributed by atoms with Crippen molar-refractivity contribution >= 4 is 31.4 Å². The van der Waals surface area contributed by atoms with Crippen LogP contribution >= 0.6 is 11.3 Å². The van der Waals surface area contributed by atoms with Gasteiger partial charge in [-0.15, -0.1) is 16.2 Å². The maximum absolute atomic E-state index is 12.8. The second-order valence-corrected chi connectivity index (χ2v) is 10.4. The topological polar surface area (TPSA) is 139 Å². The van der Waals surface area contributed by atoms with Gasteiger partial charge in [0.25, 0.3) is 10.0 Å². The van der Waals surface area contributed by atoms with Crippen molar-refractivity contribution in [3.05, 3.63) is 16.5 Å². The van der Waals surface area contributed by atoms with Gasteiger partial charge in [-0.3, -0.25) is 5.01 Å². The molecule has 0 bridgehead atoms. The Morgan fingerprint density at radius 3 is 2.72 bits per heavy atom. The van der Waals surface area contributed by atoms with Crippen molar-refractivity contribution < 1.29 is 21.6 Å². The molecule has 0 radical (unpaired) electrons. The van der Waals surface area contributed by atoms with E-state index in [1.165, 1.54) is 22.5 Å². The molecule has 13 heteroatoms. The van der Waals surface area contributed by atoms with E-state index in [1.807, 2.05) is 0 Å². The lowest BCUT2D eigenvalue weighted by Crippen LogP contribution is -2.44. The maximum Gasteiger partial charge on any atom is 0.253 e. The van der Waals surface area contributed by atoms with Crippen LogP contribution in [0.15, 0.2) is 19.8 Å². The van der Waals surface area contributed by atoms with E-state index in [4.69, 9.17) is 9.88 Å². The Bertz CT molecular complexity index is 835. The van der Waals surface area contributed by atoms with Gasteiger partial charge in [0.15, 0.2) is 0 Å². The minimum absolute atomic E-state index is 0.000575. The summed E-state index contributed by atoms with van der Waals surface area (Å²) < 4.78 is 54.7. The molecule has 0 unspecified atom stereocenters. The SMILES string of the molecule is CCN(N=O)[C@H]1CN(CCCOC)S(=O)(=O)c2sc(S(N)(=O)=O)cc21. The Hall–Kier alpha value is -1.12. The predicted molar refractivity (Wildman–Crippen MR) is 91.9 cm³/mol. The minimum Gasteiger partial charge on any atom is -0.385 e. The van der Waals surface area contributed by atoms with Crippen molar-refractivity contribution in [2.24, 2.45) is 10.4 Å². The van der Waals surface area contributed by atoms with Crippen LogP contribution in [0.4, 0.5) is 0 Å². The number of hydrogen-bond donors (Lipinski definition) is 1. The zero-order valence-corrected chi connectivity index (χ0v) is 16.2. The van der Waals surface area contributed by atoms with E-state index in [1.54, 1.807) is 6.92 Å². The fourth-order valence-corrected chi connectivity index (χ4v) is 6.92. The second kappa shape index (κ2) is 7.63. The summed E-state index contributed by atoms with van der Waals surface area (Å²) in [5.41, 5.74) is 0.235. The largest absolute Gasteiger partial charge is 0.385 e. The summed E-state index contributed by atoms with van der Waals surface area (Å²) in [7, 11) is -6.43. The lowest BCUT2D eigenvalue weighted by atomic mass is 10.1. The first-order valence-electron chi connectivity index (χ1n) is 7.42. The first-order chi connectivity index (χ1) is 11.7. The number of likely N-dealkylation sites (N-methyl/N-ethyl adjacent to an activating group) is 1. The average molecular weight is 413 g/mol. The quantitative estimate of drug-likeness (QED) is 0.372. The first-order valence-corrected chi connectivity index (χ1v) is 11.2. The van der Waals surface area contributed by atoms with Gasteiger partial charge in [0, 0.05) is 38.9 Å². The lowest BCUT2D eigenvalue weighted by molar-refractivity contribution is 0.159. The van der Waals surface area contributed by atoms with Crippen LogP contribution in [0.3, 0.4) is 0 Å². The van der Waals surface area contributed by atoms with Crippen LogP contribution in [0.5, 0.6) is 0 Å². The molecule has 1 aromatic rings. The molecule has 0 aromatic carbocycles. The summed E-state index contributed by atoms with van der Waals surface area (Å²) in [5.74, 6) is 0. The Balaban J connectivity index is 2.54. The standard InChI is InChI=1S/C12H20N4O6S3/c1-3-16(14-17)10-8-15(5-4-6-22-2)25(20,21)12-9(10)7-11(23-12)24(13,18)19/h7,10H,3-6,8H2,1-2H3,(H2,13,18,19)/t10-/m0/s1. The number of ether oxygens (including phenoxy) is 1. The Morgan fingerprint density at radius 2 is 2.20 bits per heavy atom. The van der Waals surface area contributed by atoms with Crippen LogP contribution in [0, 0.1) is 4.91 Å². The molecule has 0 saturated heterocycles. The summed E-state index contributed by atoms with van der Waals surface area (Å²) >= 11 is 0.590. The van der Waals surface area contributed by atoms with Crippen molar-refractivity contribution in [1.82, 2.24) is 9.31 Å². The number of nitrogens with two attached hydrogens (primary N) is 1. The van der Waals surface area contributed by atoms with Crippen LogP contribution in [0.25, 0.3) is 0 Å². The minimum atomic E-state index is -4.06. The molecule has 10 nitrogen and oxygen atoms in total. The molecule has 1 aliphatic rings. The van der Waals surface area contributed by atoms with E-state index in [-0.39, 0.29) is 33.6 Å². The number of thiophene rings is 1. The van der Waals surface area contributed by atoms with E-state index in [0.717, 1.165) is 0 Å². The number of methoxy groups -OCH3 is 1. The lowest BCUT2D eigenvalue weighted by Gasteiger charge is -2.35. The van der Waals surface area contributed by atoms with Gasteiger partial charge in [0.05, 0.1) is 11.3 Å². The van der Waals surface area contributed by atoms with E-state index < -0.39 is 26.1 Å². The van der Waals surface area contributed by atoms with Gasteiger partial charge in [0.2, 0.25) is 10.0 Å². The smallest absolute Gasteiger partial charge is 0.253 e. The van der Waals surface area contributed by atoms with Crippen molar-refractivity contribution in [3.8, 4) is 0 Å². The van der Waals surface area contributed by atoms with Gasteiger partial charge in [-0.25, -0.2) is 22.0 Å². The Kier molecular flexibility index (Phi) is 6.17. The average Bonchev–Trinajstić information content (AvgIpc) is 2.99. The van der Waals surface area contributed by atoms with Gasteiger partial charge >= 0.3 is 0 Å². The highest BCUT2D eigenvalue weighted by molar-refractivity contribution is 7.94. The molecule has 1 aromatic heterocycles. The number of primary sulfonamides is 1. The molecular formula is C12H20N4O6S3. The number of sulfonamides is 2. The zero-order valence-electron chi connectivity index (χ0n) is 13.8. The summed E-state index contributed by atoms with van der Waals surface area (Å²) in [6.45, 7) is 2.51. The fraction of sp³-hybridized carbons (Fsp3) is 0.667. The molecule has 2 rings (SSSR count). The highest BCUT2D eigenvalue weighted by atomic mass is 32.3. The number of nitroso groups, excluding NO2 is 1. The molecule has 25 heavy (non-hydrogen) atoms. The summed E-state index contributed by atoms with van der Waals surface area (Å²) in [6.07, 6.45) is 0.464. The molecule has 0 spiro atoms. The van der Waals surface area contributed by atoms with Gasteiger partial charge in [0.1, 0.15) is 8.42 Å². The molecule has 142 valence electrons. The van der Waals surface area contributed by atoms with Crippen LogP contribution in [0.1, 0.15) is 24.9 Å². The van der Waals surface area contributed by atoms with Crippen molar-refractivity contribution in [2.75, 3.05) is 33.4 Å². The number of rotatable bonds is 8. The van der Waals surface area contributed by atoms with E-state index in [2.05, 4.69) is 5.29 Å². The van der Waals surface area contributed by atoms with Crippen molar-refractivity contribution in [2.45, 2.75) is 27.8 Å². The summed E-state index contributed by atoms with van der Waals surface area (Å²) in [5, 5.41) is 9.27. The molecule has 1 atom stereocenters. The number of nitrogens with zero attached hydrogens (tertiary/aromatic N) is 3. The first kappa shape index (κ1) is 20.2. The fourth-order valence-electron chi connectivity index (χ4n) is 2.63. The van der Waals surface area contributed by atoms with Crippen molar-refractivity contribution in [1.29, 1.82) is 0 Å². The van der Waals surface area contributed by atoms with Gasteiger partial charge < -0.3 is 4.74 Å². The number of hydrogen-bond acceptors (Lipinski definition) is 8. The normalized spacial score (nSPS) is 20.2. The Morgan fingerprint density at radius 1 is 1.52 bits per heavy atom. The third kappa shape index (κ3) is 4.01. The highest BCUT2D eigenvalue weighted by Gasteiger charge is 2.42. The molecule has 0 fully saturated rings. The molecular weight excluding hydrogens is 392 g/mol. The highest BCUT2D eigenvalue weighted by Crippen LogP contribution is 2.42. The maximum atomic E-state index is 12.8. The second-order valence-electron chi connectivity index (χ2n) is 5.42. The summed E-state index contributed by atoms with van der Waals surface area (Å²) in [4.78, 5) is 11.1. The molecule has 0 aliphatic carbocycles. The monoisotopic (exact) mass is 412 g/mol. The van der Waals surface area contributed by atoms with Gasteiger partial charge in [-0.2, -0.15) is 4.31 Å². The third-order valence-corrected chi connectivity index (χ3v) is 8.80. The molecule has 1 aliphatic heterocycles.